The Bertz CT molecular complexity index is 897. The number of benzene rings is 2. The molecular weight excluding hydrogens is 470 g/mol. The molecule has 0 N–H and O–H groups in total. The van der Waals surface area contributed by atoms with Crippen LogP contribution >= 0.6 is 30.8 Å². The quantitative estimate of drug-likeness (QED) is 0.258. The van der Waals surface area contributed by atoms with E-state index in [-0.39, 0.29) is 19.0 Å². The highest BCUT2D eigenvalue weighted by Crippen LogP contribution is 2.55. The summed E-state index contributed by atoms with van der Waals surface area (Å²) in [7, 11) is -3.43. The molecule has 0 heterocycles. The van der Waals surface area contributed by atoms with Crippen LogP contribution in [-0.4, -0.2) is 30.8 Å². The lowest BCUT2D eigenvalue weighted by Gasteiger charge is -2.27. The maximum absolute atomic E-state index is 13.6. The summed E-state index contributed by atoms with van der Waals surface area (Å²) in [5, 5.41) is 0.883. The smallest absolute Gasteiger partial charge is 0.334 e. The molecule has 2 atom stereocenters. The number of hydrogen-bond acceptors (Lipinski definition) is 5. The van der Waals surface area contributed by atoms with Crippen LogP contribution in [0.15, 0.2) is 48.5 Å². The van der Waals surface area contributed by atoms with E-state index in [0.29, 0.717) is 35.9 Å². The first-order valence-electron chi connectivity index (χ1n) is 10.8. The van der Waals surface area contributed by atoms with Crippen molar-refractivity contribution < 1.29 is 23.1 Å². The molecule has 2 aromatic rings. The number of rotatable bonds is 14. The highest BCUT2D eigenvalue weighted by Gasteiger charge is 2.36. The molecule has 2 aromatic carbocycles. The zero-order valence-corrected chi connectivity index (χ0v) is 21.2. The van der Waals surface area contributed by atoms with Crippen molar-refractivity contribution in [1.29, 1.82) is 0 Å². The van der Waals surface area contributed by atoms with E-state index >= 15 is 0 Å². The highest BCUT2D eigenvalue weighted by atomic mass is 35.5. The molecule has 0 aliphatic rings. The van der Waals surface area contributed by atoms with Gasteiger partial charge in [0.1, 0.15) is 6.10 Å². The van der Waals surface area contributed by atoms with Crippen LogP contribution < -0.4 is 0 Å². The molecule has 8 heteroatoms. The van der Waals surface area contributed by atoms with Crippen molar-refractivity contribution in [2.45, 2.75) is 58.4 Å². The Labute approximate surface area is 200 Å². The largest absolute Gasteiger partial charge is 0.366 e. The van der Waals surface area contributed by atoms with E-state index < -0.39 is 19.4 Å². The Balaban J connectivity index is 2.18. The zero-order chi connectivity index (χ0) is 23.6. The summed E-state index contributed by atoms with van der Waals surface area (Å²) in [6.07, 6.45) is 0.634. The predicted octanol–water partition coefficient (Wildman–Crippen LogP) is 7.13. The van der Waals surface area contributed by atoms with Crippen LogP contribution in [-0.2, 0) is 36.2 Å². The van der Waals surface area contributed by atoms with E-state index in [9.17, 15) is 9.36 Å². The number of halogens is 2. The first kappa shape index (κ1) is 27.0. The average molecular weight is 501 g/mol. The number of ether oxygens (including phenoxy) is 1. The third kappa shape index (κ3) is 8.30. The summed E-state index contributed by atoms with van der Waals surface area (Å²) in [5.74, 6) is -0.0723. The summed E-state index contributed by atoms with van der Waals surface area (Å²) in [5.41, 5.74) is 1.40. The van der Waals surface area contributed by atoms with Crippen molar-refractivity contribution in [1.82, 2.24) is 0 Å². The van der Waals surface area contributed by atoms with Gasteiger partial charge in [0.15, 0.2) is 5.78 Å². The Morgan fingerprint density at radius 1 is 0.938 bits per heavy atom. The monoisotopic (exact) mass is 500 g/mol. The van der Waals surface area contributed by atoms with E-state index in [1.807, 2.05) is 36.4 Å². The first-order chi connectivity index (χ1) is 15.3. The average Bonchev–Trinajstić information content (AvgIpc) is 2.76. The molecule has 0 aliphatic heterocycles. The molecule has 0 amide bonds. The molecule has 0 fully saturated rings. The lowest BCUT2D eigenvalue weighted by atomic mass is 10.0. The third-order valence-electron chi connectivity index (χ3n) is 5.03. The van der Waals surface area contributed by atoms with Gasteiger partial charge in [0.05, 0.1) is 35.5 Å². The van der Waals surface area contributed by atoms with Crippen LogP contribution in [0.1, 0.15) is 44.7 Å². The number of carbonyl (C=O) groups excluding carboxylic acids is 1. The molecule has 0 saturated carbocycles. The van der Waals surface area contributed by atoms with Crippen molar-refractivity contribution in [3.05, 3.63) is 69.7 Å². The fourth-order valence-electron chi connectivity index (χ4n) is 3.44. The first-order valence-corrected chi connectivity index (χ1v) is 13.1. The molecule has 2 unspecified atom stereocenters. The van der Waals surface area contributed by atoms with Crippen molar-refractivity contribution in [2.24, 2.45) is 0 Å². The van der Waals surface area contributed by atoms with Crippen LogP contribution in [0.4, 0.5) is 0 Å². The Hall–Kier alpha value is -1.20. The van der Waals surface area contributed by atoms with Gasteiger partial charge in [-0.15, -0.1) is 0 Å². The van der Waals surface area contributed by atoms with Gasteiger partial charge >= 0.3 is 7.60 Å². The molecular formula is C24H31Cl2O5P. The van der Waals surface area contributed by atoms with Gasteiger partial charge in [-0.1, -0.05) is 59.6 Å². The molecule has 0 aliphatic carbocycles. The number of Topliss-reactive ketones (excluding diaryl/α,β-unsaturated/α-hetero) is 1. The summed E-state index contributed by atoms with van der Waals surface area (Å²) in [6.45, 7) is 5.92. The Kier molecular flexibility index (Phi) is 11.4. The SMILES string of the molecule is CCOP(=O)(OCC)C(CCC(OCc1ccccc1)C(C)=O)Cc1ccc(Cl)c(Cl)c1. The fraction of sp³-hybridized carbons (Fsp3) is 0.458. The van der Waals surface area contributed by atoms with E-state index in [1.165, 1.54) is 6.92 Å². The van der Waals surface area contributed by atoms with Crippen LogP contribution in [0, 0.1) is 0 Å². The normalized spacial score (nSPS) is 13.7. The van der Waals surface area contributed by atoms with Gasteiger partial charge in [0.25, 0.3) is 0 Å². The van der Waals surface area contributed by atoms with Crippen molar-refractivity contribution in [3.8, 4) is 0 Å². The standard InChI is InChI=1S/C24H31Cl2O5P/c1-4-30-32(28,31-5-2)21(15-20-11-13-22(25)23(26)16-20)12-14-24(18(3)27)29-17-19-9-7-6-8-10-19/h6-11,13,16,21,24H,4-5,12,14-15,17H2,1-3H3. The van der Waals surface area contributed by atoms with Crippen LogP contribution in [0.2, 0.25) is 10.0 Å². The molecule has 176 valence electrons. The third-order valence-corrected chi connectivity index (χ3v) is 8.34. The summed E-state index contributed by atoms with van der Waals surface area (Å²) in [6, 6.07) is 15.0. The predicted molar refractivity (Wildman–Crippen MR) is 130 cm³/mol. The molecule has 0 spiro atoms. The number of hydrogen-bond donors (Lipinski definition) is 0. The van der Waals surface area contributed by atoms with E-state index in [4.69, 9.17) is 37.0 Å². The fourth-order valence-corrected chi connectivity index (χ4v) is 5.87. The minimum absolute atomic E-state index is 0.0723. The minimum Gasteiger partial charge on any atom is -0.366 e. The number of ketones is 1. The summed E-state index contributed by atoms with van der Waals surface area (Å²) < 4.78 is 30.8. The lowest BCUT2D eigenvalue weighted by molar-refractivity contribution is -0.129. The van der Waals surface area contributed by atoms with Gasteiger partial charge < -0.3 is 13.8 Å². The molecule has 2 rings (SSSR count). The summed E-state index contributed by atoms with van der Waals surface area (Å²) in [4.78, 5) is 12.2. The van der Waals surface area contributed by atoms with Crippen molar-refractivity contribution >= 4 is 36.6 Å². The van der Waals surface area contributed by atoms with Gasteiger partial charge in [-0.3, -0.25) is 9.36 Å². The Morgan fingerprint density at radius 2 is 1.59 bits per heavy atom. The van der Waals surface area contributed by atoms with Gasteiger partial charge in [-0.25, -0.2) is 0 Å². The molecule has 32 heavy (non-hydrogen) atoms. The van der Waals surface area contributed by atoms with Crippen molar-refractivity contribution in [3.63, 3.8) is 0 Å². The second kappa shape index (κ2) is 13.5. The topological polar surface area (TPSA) is 61.8 Å². The molecule has 0 aromatic heterocycles. The maximum atomic E-state index is 13.6. The second-order valence-corrected chi connectivity index (χ2v) is 10.6. The van der Waals surface area contributed by atoms with Gasteiger partial charge in [-0.05, 0) is 63.3 Å². The Morgan fingerprint density at radius 3 is 2.16 bits per heavy atom. The zero-order valence-electron chi connectivity index (χ0n) is 18.8. The van der Waals surface area contributed by atoms with E-state index in [2.05, 4.69) is 0 Å². The van der Waals surface area contributed by atoms with Gasteiger partial charge in [0, 0.05) is 0 Å². The van der Waals surface area contributed by atoms with Crippen LogP contribution in [0.25, 0.3) is 0 Å². The van der Waals surface area contributed by atoms with Crippen LogP contribution in [0.5, 0.6) is 0 Å². The highest BCUT2D eigenvalue weighted by molar-refractivity contribution is 7.54. The number of carbonyl (C=O) groups is 1. The molecule has 5 nitrogen and oxygen atoms in total. The minimum atomic E-state index is -3.43. The van der Waals surface area contributed by atoms with E-state index in [0.717, 1.165) is 11.1 Å². The summed E-state index contributed by atoms with van der Waals surface area (Å²) >= 11 is 12.2. The lowest BCUT2D eigenvalue weighted by Crippen LogP contribution is -2.25. The molecule has 0 saturated heterocycles. The van der Waals surface area contributed by atoms with Gasteiger partial charge in [-0.2, -0.15) is 0 Å². The second-order valence-electron chi connectivity index (χ2n) is 7.46. The molecule has 0 radical (unpaired) electrons. The van der Waals surface area contributed by atoms with Gasteiger partial charge in [0.2, 0.25) is 0 Å². The van der Waals surface area contributed by atoms with Crippen molar-refractivity contribution in [2.75, 3.05) is 13.2 Å². The van der Waals surface area contributed by atoms with E-state index in [1.54, 1.807) is 26.0 Å². The maximum Gasteiger partial charge on any atom is 0.334 e. The molecule has 0 bridgehead atoms. The van der Waals surface area contributed by atoms with Crippen LogP contribution in [0.3, 0.4) is 0 Å².